The fourth-order valence-electron chi connectivity index (χ4n) is 2.37. The summed E-state index contributed by atoms with van der Waals surface area (Å²) in [5, 5.41) is 13.1. The van der Waals surface area contributed by atoms with Gasteiger partial charge in [0, 0.05) is 19.1 Å². The van der Waals surface area contributed by atoms with Crippen molar-refractivity contribution in [2.24, 2.45) is 5.92 Å². The van der Waals surface area contributed by atoms with Crippen molar-refractivity contribution >= 4 is 0 Å². The summed E-state index contributed by atoms with van der Waals surface area (Å²) in [4.78, 5) is 2.50. The minimum Gasteiger partial charge on any atom is -0.390 e. The summed E-state index contributed by atoms with van der Waals surface area (Å²) in [5.74, 6) is 0.764. The van der Waals surface area contributed by atoms with E-state index in [0.29, 0.717) is 6.04 Å². The van der Waals surface area contributed by atoms with Gasteiger partial charge < -0.3 is 15.3 Å². The maximum Gasteiger partial charge on any atom is 0.0603 e. The van der Waals surface area contributed by atoms with E-state index < -0.39 is 5.60 Å². The molecule has 96 valence electrons. The summed E-state index contributed by atoms with van der Waals surface area (Å²) in [6.07, 6.45) is 3.50. The first-order valence-corrected chi connectivity index (χ1v) is 6.54. The maximum atomic E-state index is 9.73. The molecular formula is C13H28N2O. The van der Waals surface area contributed by atoms with E-state index in [9.17, 15) is 5.11 Å². The van der Waals surface area contributed by atoms with Crippen LogP contribution in [0, 0.1) is 5.92 Å². The van der Waals surface area contributed by atoms with E-state index in [4.69, 9.17) is 0 Å². The topological polar surface area (TPSA) is 35.5 Å². The van der Waals surface area contributed by atoms with Gasteiger partial charge in [-0.15, -0.1) is 0 Å². The van der Waals surface area contributed by atoms with Gasteiger partial charge in [0.2, 0.25) is 0 Å². The van der Waals surface area contributed by atoms with Gasteiger partial charge in [-0.3, -0.25) is 0 Å². The molecule has 0 spiro atoms. The second-order valence-corrected chi connectivity index (χ2v) is 5.84. The summed E-state index contributed by atoms with van der Waals surface area (Å²) in [7, 11) is 2.04. The van der Waals surface area contributed by atoms with Crippen LogP contribution in [-0.2, 0) is 0 Å². The third kappa shape index (κ3) is 4.81. The van der Waals surface area contributed by atoms with Gasteiger partial charge in [-0.25, -0.2) is 0 Å². The SMILES string of the molecule is CNC(C)C1CCCN(CCC(C)(C)O)C1. The van der Waals surface area contributed by atoms with Crippen LogP contribution in [0.3, 0.4) is 0 Å². The second-order valence-electron chi connectivity index (χ2n) is 5.84. The predicted molar refractivity (Wildman–Crippen MR) is 68.6 cm³/mol. The van der Waals surface area contributed by atoms with Crippen LogP contribution in [0.1, 0.15) is 40.0 Å². The molecule has 0 radical (unpaired) electrons. The van der Waals surface area contributed by atoms with Crippen molar-refractivity contribution < 1.29 is 5.11 Å². The molecule has 1 aliphatic heterocycles. The van der Waals surface area contributed by atoms with Gasteiger partial charge in [0.25, 0.3) is 0 Å². The lowest BCUT2D eigenvalue weighted by Gasteiger charge is -2.36. The average molecular weight is 228 g/mol. The molecule has 0 saturated carbocycles. The van der Waals surface area contributed by atoms with Gasteiger partial charge in [0.05, 0.1) is 5.60 Å². The van der Waals surface area contributed by atoms with Gasteiger partial charge in [-0.2, -0.15) is 0 Å². The summed E-state index contributed by atoms with van der Waals surface area (Å²) in [6.45, 7) is 9.46. The molecular weight excluding hydrogens is 200 g/mol. The zero-order chi connectivity index (χ0) is 12.2. The van der Waals surface area contributed by atoms with E-state index in [1.54, 1.807) is 0 Å². The molecule has 1 saturated heterocycles. The molecule has 0 amide bonds. The molecule has 3 heteroatoms. The van der Waals surface area contributed by atoms with Crippen LogP contribution in [0.4, 0.5) is 0 Å². The molecule has 0 aromatic rings. The lowest BCUT2D eigenvalue weighted by molar-refractivity contribution is 0.0487. The Morgan fingerprint density at radius 3 is 2.75 bits per heavy atom. The van der Waals surface area contributed by atoms with Crippen LogP contribution in [0.25, 0.3) is 0 Å². The fraction of sp³-hybridized carbons (Fsp3) is 1.00. The van der Waals surface area contributed by atoms with E-state index in [1.165, 1.54) is 25.9 Å². The molecule has 1 rings (SSSR count). The summed E-state index contributed by atoms with van der Waals surface area (Å²) >= 11 is 0. The highest BCUT2D eigenvalue weighted by Crippen LogP contribution is 2.20. The van der Waals surface area contributed by atoms with Gasteiger partial charge in [-0.05, 0) is 59.5 Å². The molecule has 0 aliphatic carbocycles. The van der Waals surface area contributed by atoms with E-state index in [2.05, 4.69) is 17.1 Å². The third-order valence-corrected chi connectivity index (χ3v) is 3.74. The first-order valence-electron chi connectivity index (χ1n) is 6.54. The monoisotopic (exact) mass is 228 g/mol. The molecule has 2 atom stereocenters. The summed E-state index contributed by atoms with van der Waals surface area (Å²) in [6, 6.07) is 0.602. The van der Waals surface area contributed by atoms with Crippen molar-refractivity contribution in [1.29, 1.82) is 0 Å². The zero-order valence-electron chi connectivity index (χ0n) is 11.3. The quantitative estimate of drug-likeness (QED) is 0.748. The lowest BCUT2D eigenvalue weighted by atomic mass is 9.91. The Hall–Kier alpha value is -0.120. The Morgan fingerprint density at radius 2 is 2.19 bits per heavy atom. The number of hydrogen-bond acceptors (Lipinski definition) is 3. The van der Waals surface area contributed by atoms with Crippen LogP contribution >= 0.6 is 0 Å². The van der Waals surface area contributed by atoms with Crippen molar-refractivity contribution in [3.05, 3.63) is 0 Å². The largest absolute Gasteiger partial charge is 0.390 e. The maximum absolute atomic E-state index is 9.73. The van der Waals surface area contributed by atoms with Crippen molar-refractivity contribution in [3.63, 3.8) is 0 Å². The minimum absolute atomic E-state index is 0.526. The Morgan fingerprint density at radius 1 is 1.50 bits per heavy atom. The number of nitrogens with one attached hydrogen (secondary N) is 1. The van der Waals surface area contributed by atoms with E-state index in [-0.39, 0.29) is 0 Å². The Kier molecular flexibility index (Phi) is 5.22. The number of rotatable bonds is 5. The molecule has 1 heterocycles. The minimum atomic E-state index is -0.526. The van der Waals surface area contributed by atoms with Crippen molar-refractivity contribution in [2.75, 3.05) is 26.7 Å². The Labute approximate surface area is 100 Å². The zero-order valence-corrected chi connectivity index (χ0v) is 11.3. The molecule has 16 heavy (non-hydrogen) atoms. The normalized spacial score (nSPS) is 25.7. The van der Waals surface area contributed by atoms with Crippen LogP contribution in [0.15, 0.2) is 0 Å². The van der Waals surface area contributed by atoms with Crippen molar-refractivity contribution in [1.82, 2.24) is 10.2 Å². The number of hydrogen-bond donors (Lipinski definition) is 2. The van der Waals surface area contributed by atoms with Crippen LogP contribution in [0.2, 0.25) is 0 Å². The first kappa shape index (κ1) is 13.9. The molecule has 0 bridgehead atoms. The van der Waals surface area contributed by atoms with E-state index >= 15 is 0 Å². The fourth-order valence-corrected chi connectivity index (χ4v) is 2.37. The third-order valence-electron chi connectivity index (χ3n) is 3.74. The van der Waals surface area contributed by atoms with E-state index in [0.717, 1.165) is 18.9 Å². The molecule has 3 nitrogen and oxygen atoms in total. The van der Waals surface area contributed by atoms with Crippen LogP contribution < -0.4 is 5.32 Å². The van der Waals surface area contributed by atoms with Crippen molar-refractivity contribution in [3.8, 4) is 0 Å². The smallest absolute Gasteiger partial charge is 0.0603 e. The predicted octanol–water partition coefficient (Wildman–Crippen LogP) is 1.47. The first-order chi connectivity index (χ1) is 7.42. The number of nitrogens with zero attached hydrogens (tertiary/aromatic N) is 1. The van der Waals surface area contributed by atoms with Crippen LogP contribution in [-0.4, -0.2) is 48.3 Å². The van der Waals surface area contributed by atoms with Gasteiger partial charge in [0.15, 0.2) is 0 Å². The van der Waals surface area contributed by atoms with E-state index in [1.807, 2.05) is 20.9 Å². The number of likely N-dealkylation sites (tertiary alicyclic amines) is 1. The van der Waals surface area contributed by atoms with Gasteiger partial charge in [0.1, 0.15) is 0 Å². The number of piperidine rings is 1. The van der Waals surface area contributed by atoms with Crippen LogP contribution in [0.5, 0.6) is 0 Å². The standard InChI is InChI=1S/C13H28N2O/c1-11(14-4)12-6-5-8-15(10-12)9-7-13(2,3)16/h11-12,14,16H,5-10H2,1-4H3. The highest BCUT2D eigenvalue weighted by atomic mass is 16.3. The Bertz CT molecular complexity index is 201. The highest BCUT2D eigenvalue weighted by Gasteiger charge is 2.24. The van der Waals surface area contributed by atoms with Gasteiger partial charge >= 0.3 is 0 Å². The number of aliphatic hydroxyl groups is 1. The second kappa shape index (κ2) is 5.99. The average Bonchev–Trinajstić information content (AvgIpc) is 2.25. The van der Waals surface area contributed by atoms with Gasteiger partial charge in [-0.1, -0.05) is 0 Å². The molecule has 2 unspecified atom stereocenters. The summed E-state index contributed by atoms with van der Waals surface area (Å²) in [5.41, 5.74) is -0.526. The molecule has 0 aromatic heterocycles. The summed E-state index contributed by atoms with van der Waals surface area (Å²) < 4.78 is 0. The lowest BCUT2D eigenvalue weighted by Crippen LogP contribution is -2.44. The molecule has 1 fully saturated rings. The molecule has 0 aromatic carbocycles. The molecule has 1 aliphatic rings. The van der Waals surface area contributed by atoms with Crippen molar-refractivity contribution in [2.45, 2.75) is 51.7 Å². The Balaban J connectivity index is 2.33. The highest BCUT2D eigenvalue weighted by molar-refractivity contribution is 4.80. The molecule has 2 N–H and O–H groups in total.